The molecule has 7 atom stereocenters. The predicted octanol–water partition coefficient (Wildman–Crippen LogP) is 7.37. The van der Waals surface area contributed by atoms with Gasteiger partial charge in [-0.2, -0.15) is 0 Å². The SMILES string of the molecule is [C-]#[N+]c1c(C(=O)OC2C(C=C(C)C)CC(C)CC2C(C)(C)C)c2nc(C3CCC(OC)C(NC(C)=O)C3)[nH]n2c1OC(=O)N(CC=C)CC=C. The fourth-order valence-electron chi connectivity index (χ4n) is 7.68. The highest BCUT2D eigenvalue weighted by atomic mass is 16.6. The fraction of sp³-hybridized carbons (Fsp3) is 0.605. The number of aromatic nitrogens is 3. The molecule has 0 saturated heterocycles. The van der Waals surface area contributed by atoms with Gasteiger partial charge in [-0.15, -0.1) is 13.2 Å². The van der Waals surface area contributed by atoms with Gasteiger partial charge in [0, 0.05) is 44.9 Å². The van der Waals surface area contributed by atoms with Crippen LogP contribution in [0.2, 0.25) is 0 Å². The van der Waals surface area contributed by atoms with Crippen LogP contribution in [-0.4, -0.2) is 75.9 Å². The Kier molecular flexibility index (Phi) is 12.4. The molecule has 0 aliphatic heterocycles. The van der Waals surface area contributed by atoms with Crippen LogP contribution in [0.15, 0.2) is 37.0 Å². The average Bonchev–Trinajstić information content (AvgIpc) is 3.58. The van der Waals surface area contributed by atoms with E-state index in [1.165, 1.54) is 16.3 Å². The molecule has 2 aliphatic rings. The van der Waals surface area contributed by atoms with Crippen LogP contribution in [0, 0.1) is 29.7 Å². The van der Waals surface area contributed by atoms with Gasteiger partial charge >= 0.3 is 12.1 Å². The average molecular weight is 691 g/mol. The number of fused-ring (bicyclic) bond motifs is 1. The van der Waals surface area contributed by atoms with Gasteiger partial charge in [0.15, 0.2) is 5.65 Å². The number of aromatic amines is 1. The van der Waals surface area contributed by atoms with Gasteiger partial charge < -0.3 is 24.4 Å². The number of amides is 2. The van der Waals surface area contributed by atoms with Crippen LogP contribution in [0.25, 0.3) is 10.5 Å². The van der Waals surface area contributed by atoms with Crippen molar-refractivity contribution < 1.29 is 28.6 Å². The Morgan fingerprint density at radius 1 is 1.12 bits per heavy atom. The third-order valence-corrected chi connectivity index (χ3v) is 9.90. The summed E-state index contributed by atoms with van der Waals surface area (Å²) in [5.74, 6) is -0.126. The molecular formula is C38H54N6O6. The highest BCUT2D eigenvalue weighted by Crippen LogP contribution is 2.47. The first-order chi connectivity index (χ1) is 23.6. The number of nitrogens with one attached hydrogen (secondary N) is 2. The molecule has 12 heteroatoms. The van der Waals surface area contributed by atoms with Crippen molar-refractivity contribution >= 4 is 29.3 Å². The molecule has 2 amide bonds. The third kappa shape index (κ3) is 8.49. The second-order valence-electron chi connectivity index (χ2n) is 15.2. The molecule has 2 aromatic heterocycles. The second kappa shape index (κ2) is 16.1. The van der Waals surface area contributed by atoms with E-state index in [-0.39, 0.29) is 77.1 Å². The summed E-state index contributed by atoms with van der Waals surface area (Å²) in [4.78, 5) is 49.9. The van der Waals surface area contributed by atoms with Crippen molar-refractivity contribution in [3.63, 3.8) is 0 Å². The molecule has 2 aliphatic carbocycles. The number of esters is 1. The minimum atomic E-state index is -0.742. The van der Waals surface area contributed by atoms with E-state index >= 15 is 0 Å². The summed E-state index contributed by atoms with van der Waals surface area (Å²) in [7, 11) is 1.63. The summed E-state index contributed by atoms with van der Waals surface area (Å²) < 4.78 is 19.4. The van der Waals surface area contributed by atoms with Crippen molar-refractivity contribution in [1.82, 2.24) is 24.8 Å². The van der Waals surface area contributed by atoms with Crippen molar-refractivity contribution in [2.75, 3.05) is 20.2 Å². The molecule has 2 heterocycles. The van der Waals surface area contributed by atoms with Gasteiger partial charge in [-0.05, 0) is 57.3 Å². The number of ether oxygens (including phenoxy) is 3. The number of nitrogens with zero attached hydrogens (tertiary/aromatic N) is 4. The second-order valence-corrected chi connectivity index (χ2v) is 15.2. The zero-order valence-corrected chi connectivity index (χ0v) is 30.9. The first-order valence-electron chi connectivity index (χ1n) is 17.5. The van der Waals surface area contributed by atoms with E-state index in [0.29, 0.717) is 31.0 Å². The monoisotopic (exact) mass is 690 g/mol. The van der Waals surface area contributed by atoms with Gasteiger partial charge in [0.05, 0.1) is 18.7 Å². The molecule has 2 N–H and O–H groups in total. The van der Waals surface area contributed by atoms with E-state index in [1.807, 2.05) is 13.8 Å². The Morgan fingerprint density at radius 3 is 2.36 bits per heavy atom. The van der Waals surface area contributed by atoms with E-state index in [0.717, 1.165) is 18.4 Å². The number of carbonyl (C=O) groups excluding carboxylic acids is 3. The van der Waals surface area contributed by atoms with Crippen molar-refractivity contribution in [3.05, 3.63) is 59.8 Å². The van der Waals surface area contributed by atoms with Gasteiger partial charge in [0.25, 0.3) is 5.69 Å². The number of allylic oxidation sites excluding steroid dienone is 1. The van der Waals surface area contributed by atoms with Crippen LogP contribution >= 0.6 is 0 Å². The van der Waals surface area contributed by atoms with Crippen molar-refractivity contribution in [2.24, 2.45) is 23.2 Å². The van der Waals surface area contributed by atoms with E-state index in [1.54, 1.807) is 19.3 Å². The normalized spacial score (nSPS) is 25.2. The maximum absolute atomic E-state index is 14.5. The quantitative estimate of drug-likeness (QED) is 0.143. The number of hydrogen-bond acceptors (Lipinski definition) is 7. The molecule has 4 rings (SSSR count). The molecule has 0 radical (unpaired) electrons. The lowest BCUT2D eigenvalue weighted by molar-refractivity contribution is -0.121. The lowest BCUT2D eigenvalue weighted by Crippen LogP contribution is -2.46. The Bertz CT molecular complexity index is 1640. The Hall–Kier alpha value is -4.37. The number of carbonyl (C=O) groups is 3. The van der Waals surface area contributed by atoms with Crippen molar-refractivity contribution in [2.45, 2.75) is 105 Å². The first kappa shape index (κ1) is 38.4. The van der Waals surface area contributed by atoms with Crippen LogP contribution in [0.1, 0.15) is 103 Å². The summed E-state index contributed by atoms with van der Waals surface area (Å²) in [6.07, 6.45) is 7.63. The zero-order chi connectivity index (χ0) is 36.9. The highest BCUT2D eigenvalue weighted by Gasteiger charge is 2.45. The van der Waals surface area contributed by atoms with E-state index in [9.17, 15) is 14.4 Å². The molecule has 2 fully saturated rings. The number of hydrogen-bond donors (Lipinski definition) is 2. The Balaban J connectivity index is 1.84. The number of H-pyrrole nitrogens is 1. The minimum Gasteiger partial charge on any atom is -0.459 e. The summed E-state index contributed by atoms with van der Waals surface area (Å²) in [5, 5.41) is 6.22. The Morgan fingerprint density at radius 2 is 1.80 bits per heavy atom. The van der Waals surface area contributed by atoms with Crippen molar-refractivity contribution in [1.29, 1.82) is 0 Å². The van der Waals surface area contributed by atoms with Gasteiger partial charge in [0.2, 0.25) is 11.8 Å². The van der Waals surface area contributed by atoms with Crippen LogP contribution in [0.4, 0.5) is 10.5 Å². The molecule has 12 nitrogen and oxygen atoms in total. The van der Waals surface area contributed by atoms with Crippen LogP contribution in [0.5, 0.6) is 5.88 Å². The summed E-state index contributed by atoms with van der Waals surface area (Å²) in [6, 6.07) is -0.248. The maximum atomic E-state index is 14.5. The van der Waals surface area contributed by atoms with E-state index in [2.05, 4.69) is 62.2 Å². The Labute approximate surface area is 296 Å². The number of rotatable bonds is 11. The van der Waals surface area contributed by atoms with E-state index < -0.39 is 18.2 Å². The third-order valence-electron chi connectivity index (χ3n) is 9.90. The topological polar surface area (TPSA) is 132 Å². The standard InChI is InChI=1S/C38H54N6O6/c1-12-16-43(17-13-2)37(47)50-35-31(39-10)30(36(46)49-32-26(18-22(3)4)19-23(5)20-27(32)38(7,8)9)34-41-33(42-44(34)35)25-14-15-29(48-11)28(21-25)40-24(6)45/h12-13,18,23,25-29,32H,1-2,14-17,19-21H2,3-9,11H3,(H,40,45)(H,41,42). The van der Waals surface area contributed by atoms with Crippen LogP contribution in [-0.2, 0) is 14.3 Å². The summed E-state index contributed by atoms with van der Waals surface area (Å²) in [6.45, 7) is 30.3. The molecule has 2 saturated carbocycles. The summed E-state index contributed by atoms with van der Waals surface area (Å²) in [5.41, 5.74) is 0.896. The fourth-order valence-corrected chi connectivity index (χ4v) is 7.68. The lowest BCUT2D eigenvalue weighted by Gasteiger charge is -2.45. The van der Waals surface area contributed by atoms with Crippen LogP contribution < -0.4 is 10.1 Å². The maximum Gasteiger partial charge on any atom is 0.416 e. The molecule has 50 heavy (non-hydrogen) atoms. The molecular weight excluding hydrogens is 636 g/mol. The van der Waals surface area contributed by atoms with Gasteiger partial charge in [0.1, 0.15) is 17.5 Å². The van der Waals surface area contributed by atoms with Gasteiger partial charge in [-0.1, -0.05) is 51.5 Å². The lowest BCUT2D eigenvalue weighted by atomic mass is 9.64. The molecule has 0 aromatic carbocycles. The molecule has 0 spiro atoms. The smallest absolute Gasteiger partial charge is 0.416 e. The highest BCUT2D eigenvalue weighted by molar-refractivity contribution is 6.05. The van der Waals surface area contributed by atoms with Crippen LogP contribution in [0.3, 0.4) is 0 Å². The van der Waals surface area contributed by atoms with Crippen molar-refractivity contribution in [3.8, 4) is 5.88 Å². The molecule has 272 valence electrons. The first-order valence-corrected chi connectivity index (χ1v) is 17.5. The van der Waals surface area contributed by atoms with E-state index in [4.69, 9.17) is 25.8 Å². The molecule has 0 bridgehead atoms. The summed E-state index contributed by atoms with van der Waals surface area (Å²) >= 11 is 0. The minimum absolute atomic E-state index is 0.00786. The molecule has 7 unspecified atom stereocenters. The molecule has 2 aromatic rings. The van der Waals surface area contributed by atoms with Gasteiger partial charge in [-0.3, -0.25) is 9.89 Å². The number of methoxy groups -OCH3 is 1. The van der Waals surface area contributed by atoms with Gasteiger partial charge in [-0.25, -0.2) is 23.9 Å². The largest absolute Gasteiger partial charge is 0.459 e. The predicted molar refractivity (Wildman–Crippen MR) is 192 cm³/mol. The zero-order valence-electron chi connectivity index (χ0n) is 30.9.